The highest BCUT2D eigenvalue weighted by atomic mass is 28.2. The molecule has 0 aliphatic rings. The Kier molecular flexibility index (Phi) is 6.30. The predicted octanol–water partition coefficient (Wildman–Crippen LogP) is 3.62. The van der Waals surface area contributed by atoms with E-state index in [0.717, 1.165) is 18.0 Å². The van der Waals surface area contributed by atoms with Gasteiger partial charge in [0.1, 0.15) is 5.75 Å². The van der Waals surface area contributed by atoms with Crippen LogP contribution in [0.4, 0.5) is 0 Å². The zero-order chi connectivity index (χ0) is 12.7. The van der Waals surface area contributed by atoms with E-state index >= 15 is 0 Å². The molecule has 17 heavy (non-hydrogen) atoms. The molecule has 1 aromatic rings. The van der Waals surface area contributed by atoms with Crippen molar-refractivity contribution in [3.05, 3.63) is 28.8 Å². The fourth-order valence-electron chi connectivity index (χ4n) is 1.84. The number of aromatic hydroxyl groups is 1. The van der Waals surface area contributed by atoms with Gasteiger partial charge in [-0.25, -0.2) is 0 Å². The highest BCUT2D eigenvalue weighted by Gasteiger charge is 2.09. The minimum atomic E-state index is 0.364. The van der Waals surface area contributed by atoms with Crippen molar-refractivity contribution < 1.29 is 9.53 Å². The second-order valence-corrected chi connectivity index (χ2v) is 5.52. The Bertz CT molecular complexity index is 350. The summed E-state index contributed by atoms with van der Waals surface area (Å²) < 4.78 is 5.56. The summed E-state index contributed by atoms with van der Waals surface area (Å²) in [4.78, 5) is 0. The maximum Gasteiger partial charge on any atom is 0.229 e. The molecular formula is C14H22O2Si. The van der Waals surface area contributed by atoms with E-state index in [2.05, 4.69) is 20.8 Å². The van der Waals surface area contributed by atoms with Crippen LogP contribution in [0.1, 0.15) is 43.4 Å². The molecule has 0 aromatic heterocycles. The standard InChI is InChI=1S/C14H22O2Si/c1-4-6-7-12-8-9-14(15)13(11(12)3)10-16-17-5-2/h8-9,15H,4-7,10H2,1-3H3. The minimum absolute atomic E-state index is 0.364. The first-order valence-corrected chi connectivity index (χ1v) is 7.47. The summed E-state index contributed by atoms with van der Waals surface area (Å²) in [5.74, 6) is 0.364. The van der Waals surface area contributed by atoms with Gasteiger partial charge in [0.05, 0.1) is 6.61 Å². The van der Waals surface area contributed by atoms with Crippen molar-refractivity contribution in [3.8, 4) is 5.75 Å². The number of phenols is 1. The summed E-state index contributed by atoms with van der Waals surface area (Å²) in [5, 5.41) is 9.86. The topological polar surface area (TPSA) is 29.5 Å². The van der Waals surface area contributed by atoms with Crippen molar-refractivity contribution >= 4 is 9.76 Å². The molecule has 3 heteroatoms. The van der Waals surface area contributed by atoms with Gasteiger partial charge in [-0.2, -0.15) is 0 Å². The third kappa shape index (κ3) is 4.17. The molecule has 94 valence electrons. The van der Waals surface area contributed by atoms with E-state index in [1.54, 1.807) is 6.07 Å². The van der Waals surface area contributed by atoms with Gasteiger partial charge in [0.25, 0.3) is 0 Å². The summed E-state index contributed by atoms with van der Waals surface area (Å²) in [5.41, 5.74) is 3.49. The van der Waals surface area contributed by atoms with E-state index in [1.807, 2.05) is 6.07 Å². The van der Waals surface area contributed by atoms with Crippen LogP contribution in [0.15, 0.2) is 12.1 Å². The Hall–Kier alpha value is -0.803. The minimum Gasteiger partial charge on any atom is -0.508 e. The SMILES string of the molecule is CCCCc1ccc(O)c(CO[Si]CC)c1C. The molecule has 0 heterocycles. The predicted molar refractivity (Wildman–Crippen MR) is 72.5 cm³/mol. The van der Waals surface area contributed by atoms with Crippen LogP contribution >= 0.6 is 0 Å². The van der Waals surface area contributed by atoms with E-state index in [1.165, 1.54) is 24.0 Å². The Morgan fingerprint density at radius 2 is 2.06 bits per heavy atom. The van der Waals surface area contributed by atoms with Gasteiger partial charge in [-0.05, 0) is 43.0 Å². The smallest absolute Gasteiger partial charge is 0.229 e. The van der Waals surface area contributed by atoms with E-state index in [-0.39, 0.29) is 0 Å². The van der Waals surface area contributed by atoms with Crippen molar-refractivity contribution in [2.24, 2.45) is 0 Å². The summed E-state index contributed by atoms with van der Waals surface area (Å²) in [6, 6.07) is 4.87. The molecule has 0 bridgehead atoms. The van der Waals surface area contributed by atoms with Crippen molar-refractivity contribution in [3.63, 3.8) is 0 Å². The summed E-state index contributed by atoms with van der Waals surface area (Å²) >= 11 is 0. The van der Waals surface area contributed by atoms with Crippen LogP contribution in [0.2, 0.25) is 6.04 Å². The Labute approximate surface area is 107 Å². The molecule has 0 aliphatic carbocycles. The van der Waals surface area contributed by atoms with Crippen molar-refractivity contribution in [1.82, 2.24) is 0 Å². The highest BCUT2D eigenvalue weighted by Crippen LogP contribution is 2.25. The van der Waals surface area contributed by atoms with Gasteiger partial charge in [0, 0.05) is 5.56 Å². The molecule has 2 nitrogen and oxygen atoms in total. The lowest BCUT2D eigenvalue weighted by Gasteiger charge is -2.13. The lowest BCUT2D eigenvalue weighted by atomic mass is 9.98. The van der Waals surface area contributed by atoms with Crippen LogP contribution in [0.3, 0.4) is 0 Å². The molecule has 0 aliphatic heterocycles. The number of hydrogen-bond acceptors (Lipinski definition) is 2. The van der Waals surface area contributed by atoms with E-state index in [0.29, 0.717) is 22.1 Å². The molecule has 0 atom stereocenters. The maximum absolute atomic E-state index is 9.86. The fourth-order valence-corrected chi connectivity index (χ4v) is 2.29. The molecule has 0 saturated heterocycles. The zero-order valence-electron chi connectivity index (χ0n) is 11.0. The molecule has 0 unspecified atom stereocenters. The molecule has 1 aromatic carbocycles. The van der Waals surface area contributed by atoms with Gasteiger partial charge in [-0.1, -0.05) is 26.3 Å². The largest absolute Gasteiger partial charge is 0.508 e. The second kappa shape index (κ2) is 7.51. The molecule has 0 fully saturated rings. The number of aryl methyl sites for hydroxylation is 1. The first-order chi connectivity index (χ1) is 8.20. The van der Waals surface area contributed by atoms with Crippen molar-refractivity contribution in [2.75, 3.05) is 0 Å². The normalized spacial score (nSPS) is 10.8. The van der Waals surface area contributed by atoms with Crippen LogP contribution in [0, 0.1) is 6.92 Å². The third-order valence-corrected chi connectivity index (χ3v) is 3.59. The van der Waals surface area contributed by atoms with Gasteiger partial charge < -0.3 is 9.53 Å². The number of rotatable bonds is 7. The summed E-state index contributed by atoms with van der Waals surface area (Å²) in [7, 11) is 0.520. The lowest BCUT2D eigenvalue weighted by molar-refractivity contribution is 0.314. The average molecular weight is 250 g/mol. The fraction of sp³-hybridized carbons (Fsp3) is 0.571. The third-order valence-electron chi connectivity index (χ3n) is 2.95. The van der Waals surface area contributed by atoms with Crippen molar-refractivity contribution in [1.29, 1.82) is 0 Å². The molecular weight excluding hydrogens is 228 g/mol. The van der Waals surface area contributed by atoms with Crippen LogP contribution in [-0.2, 0) is 17.5 Å². The van der Waals surface area contributed by atoms with Gasteiger partial charge >= 0.3 is 0 Å². The molecule has 0 saturated carbocycles. The quantitative estimate of drug-likeness (QED) is 0.591. The molecule has 1 rings (SSSR count). The van der Waals surface area contributed by atoms with Crippen LogP contribution in [0.5, 0.6) is 5.75 Å². The van der Waals surface area contributed by atoms with Gasteiger partial charge in [0.2, 0.25) is 9.76 Å². The van der Waals surface area contributed by atoms with E-state index in [4.69, 9.17) is 4.43 Å². The molecule has 0 amide bonds. The van der Waals surface area contributed by atoms with Crippen LogP contribution in [0.25, 0.3) is 0 Å². The van der Waals surface area contributed by atoms with Gasteiger partial charge in [0.15, 0.2) is 0 Å². The van der Waals surface area contributed by atoms with E-state index < -0.39 is 0 Å². The average Bonchev–Trinajstić information content (AvgIpc) is 2.32. The Morgan fingerprint density at radius 3 is 2.71 bits per heavy atom. The number of hydrogen-bond donors (Lipinski definition) is 1. The number of unbranched alkanes of at least 4 members (excludes halogenated alkanes) is 1. The first kappa shape index (κ1) is 14.3. The maximum atomic E-state index is 9.86. The molecule has 0 spiro atoms. The lowest BCUT2D eigenvalue weighted by Crippen LogP contribution is -2.02. The number of phenolic OH excluding ortho intramolecular Hbond substituents is 1. The van der Waals surface area contributed by atoms with Gasteiger partial charge in [-0.15, -0.1) is 0 Å². The Morgan fingerprint density at radius 1 is 1.29 bits per heavy atom. The van der Waals surface area contributed by atoms with Crippen LogP contribution < -0.4 is 0 Å². The highest BCUT2D eigenvalue weighted by molar-refractivity contribution is 6.26. The monoisotopic (exact) mass is 250 g/mol. The van der Waals surface area contributed by atoms with E-state index in [9.17, 15) is 5.11 Å². The molecule has 1 N–H and O–H groups in total. The second-order valence-electron chi connectivity index (χ2n) is 4.24. The summed E-state index contributed by atoms with van der Waals surface area (Å²) in [6.45, 7) is 6.91. The van der Waals surface area contributed by atoms with Crippen LogP contribution in [-0.4, -0.2) is 14.9 Å². The Balaban J connectivity index is 2.78. The zero-order valence-corrected chi connectivity index (χ0v) is 12.0. The van der Waals surface area contributed by atoms with Crippen molar-refractivity contribution in [2.45, 2.75) is 52.7 Å². The first-order valence-electron chi connectivity index (χ1n) is 6.35. The van der Waals surface area contributed by atoms with Gasteiger partial charge in [-0.3, -0.25) is 0 Å². The summed E-state index contributed by atoms with van der Waals surface area (Å²) in [6.07, 6.45) is 3.48. The number of benzene rings is 1. The molecule has 2 radical (unpaired) electrons.